The predicted molar refractivity (Wildman–Crippen MR) is 74.6 cm³/mol. The van der Waals surface area contributed by atoms with Crippen molar-refractivity contribution in [3.63, 3.8) is 0 Å². The van der Waals surface area contributed by atoms with Gasteiger partial charge in [0, 0.05) is 24.9 Å². The summed E-state index contributed by atoms with van der Waals surface area (Å²) in [7, 11) is -1.76. The largest absolute Gasteiger partial charge is 0.414 e. The zero-order valence-corrected chi connectivity index (χ0v) is 13.2. The molecule has 0 bridgehead atoms. The molecule has 18 heavy (non-hydrogen) atoms. The van der Waals surface area contributed by atoms with Gasteiger partial charge in [-0.15, -0.1) is 0 Å². The molecule has 1 fully saturated rings. The van der Waals surface area contributed by atoms with Gasteiger partial charge in [-0.2, -0.15) is 5.26 Å². The van der Waals surface area contributed by atoms with E-state index in [1.54, 1.807) is 0 Å². The molecule has 0 aromatic heterocycles. The normalized spacial score (nSPS) is 25.9. The maximum Gasteiger partial charge on any atom is 0.192 e. The van der Waals surface area contributed by atoms with Gasteiger partial charge in [0.05, 0.1) is 6.07 Å². The molecule has 1 rings (SSSR count). The molecule has 1 aliphatic rings. The Labute approximate surface area is 112 Å². The maximum atomic E-state index is 11.7. The summed E-state index contributed by atoms with van der Waals surface area (Å²) in [5.41, 5.74) is 0. The SMILES string of the molecule is CC(C)(C)[Si](C)(C)OC1CCC(=O)[C@H](CC#N)C1. The molecule has 1 unspecified atom stereocenters. The minimum Gasteiger partial charge on any atom is -0.414 e. The molecule has 0 spiro atoms. The number of Topliss-reactive ketones (excluding diaryl/α,β-unsaturated/α-hetero) is 1. The van der Waals surface area contributed by atoms with Crippen LogP contribution >= 0.6 is 0 Å². The van der Waals surface area contributed by atoms with Gasteiger partial charge < -0.3 is 4.43 Å². The lowest BCUT2D eigenvalue weighted by Crippen LogP contribution is -2.45. The van der Waals surface area contributed by atoms with Crippen LogP contribution in [0.1, 0.15) is 46.5 Å². The lowest BCUT2D eigenvalue weighted by Gasteiger charge is -2.41. The van der Waals surface area contributed by atoms with Crippen molar-refractivity contribution in [2.45, 2.75) is 70.7 Å². The van der Waals surface area contributed by atoms with Gasteiger partial charge in [0.2, 0.25) is 0 Å². The molecule has 4 heteroatoms. The highest BCUT2D eigenvalue weighted by Gasteiger charge is 2.41. The topological polar surface area (TPSA) is 50.1 Å². The second-order valence-electron chi connectivity index (χ2n) is 6.80. The first kappa shape index (κ1) is 15.4. The van der Waals surface area contributed by atoms with Crippen LogP contribution in [-0.2, 0) is 9.22 Å². The number of carbonyl (C=O) groups is 1. The van der Waals surface area contributed by atoms with Crippen LogP contribution < -0.4 is 0 Å². The second-order valence-corrected chi connectivity index (χ2v) is 11.6. The predicted octanol–water partition coefficient (Wildman–Crippen LogP) is 3.66. The average Bonchev–Trinajstić information content (AvgIpc) is 2.21. The third kappa shape index (κ3) is 3.66. The van der Waals surface area contributed by atoms with E-state index in [0.29, 0.717) is 12.8 Å². The Morgan fingerprint density at radius 2 is 2.06 bits per heavy atom. The van der Waals surface area contributed by atoms with E-state index in [0.717, 1.165) is 12.8 Å². The van der Waals surface area contributed by atoms with E-state index >= 15 is 0 Å². The maximum absolute atomic E-state index is 11.7. The Morgan fingerprint density at radius 3 is 2.56 bits per heavy atom. The van der Waals surface area contributed by atoms with E-state index in [9.17, 15) is 4.79 Å². The van der Waals surface area contributed by atoms with Gasteiger partial charge in [0.1, 0.15) is 5.78 Å². The van der Waals surface area contributed by atoms with Crippen molar-refractivity contribution in [3.8, 4) is 6.07 Å². The summed E-state index contributed by atoms with van der Waals surface area (Å²) in [5.74, 6) is 0.144. The highest BCUT2D eigenvalue weighted by atomic mass is 28.4. The van der Waals surface area contributed by atoms with Crippen molar-refractivity contribution in [1.82, 2.24) is 0 Å². The van der Waals surface area contributed by atoms with Gasteiger partial charge in [-0.3, -0.25) is 4.79 Å². The van der Waals surface area contributed by atoms with Crippen molar-refractivity contribution in [3.05, 3.63) is 0 Å². The molecule has 1 aliphatic carbocycles. The molecule has 0 radical (unpaired) electrons. The second kappa shape index (κ2) is 5.54. The summed E-state index contributed by atoms with van der Waals surface area (Å²) >= 11 is 0. The van der Waals surface area contributed by atoms with Crippen molar-refractivity contribution >= 4 is 14.1 Å². The van der Waals surface area contributed by atoms with Gasteiger partial charge in [-0.1, -0.05) is 20.8 Å². The Morgan fingerprint density at radius 1 is 1.44 bits per heavy atom. The Kier molecular flexibility index (Phi) is 4.74. The zero-order valence-electron chi connectivity index (χ0n) is 12.2. The number of nitriles is 1. The Hall–Kier alpha value is -0.663. The summed E-state index contributed by atoms with van der Waals surface area (Å²) in [4.78, 5) is 11.7. The molecule has 2 atom stereocenters. The summed E-state index contributed by atoms with van der Waals surface area (Å²) in [6.45, 7) is 11.1. The van der Waals surface area contributed by atoms with Crippen LogP contribution in [0.2, 0.25) is 18.1 Å². The van der Waals surface area contributed by atoms with E-state index in [-0.39, 0.29) is 22.8 Å². The van der Waals surface area contributed by atoms with Gasteiger partial charge in [0.15, 0.2) is 8.32 Å². The van der Waals surface area contributed by atoms with Crippen LogP contribution in [0.4, 0.5) is 0 Å². The molecule has 1 saturated carbocycles. The van der Waals surface area contributed by atoms with Crippen LogP contribution in [0.5, 0.6) is 0 Å². The molecule has 0 aliphatic heterocycles. The summed E-state index contributed by atoms with van der Waals surface area (Å²) in [6.07, 6.45) is 2.65. The smallest absolute Gasteiger partial charge is 0.192 e. The molecule has 0 heterocycles. The van der Waals surface area contributed by atoms with Crippen molar-refractivity contribution in [1.29, 1.82) is 5.26 Å². The van der Waals surface area contributed by atoms with E-state index in [4.69, 9.17) is 9.69 Å². The molecule has 0 aromatic rings. The van der Waals surface area contributed by atoms with Crippen LogP contribution in [0.3, 0.4) is 0 Å². The van der Waals surface area contributed by atoms with Gasteiger partial charge >= 0.3 is 0 Å². The third-order valence-electron chi connectivity index (χ3n) is 4.32. The van der Waals surface area contributed by atoms with Crippen molar-refractivity contribution in [2.24, 2.45) is 5.92 Å². The average molecular weight is 267 g/mol. The van der Waals surface area contributed by atoms with Crippen LogP contribution in [-0.4, -0.2) is 20.2 Å². The number of hydrogen-bond acceptors (Lipinski definition) is 3. The van der Waals surface area contributed by atoms with E-state index in [1.807, 2.05) is 0 Å². The molecular weight excluding hydrogens is 242 g/mol. The van der Waals surface area contributed by atoms with E-state index < -0.39 is 8.32 Å². The van der Waals surface area contributed by atoms with Gasteiger partial charge in [-0.25, -0.2) is 0 Å². The monoisotopic (exact) mass is 267 g/mol. The van der Waals surface area contributed by atoms with E-state index in [2.05, 4.69) is 39.9 Å². The number of hydrogen-bond donors (Lipinski definition) is 0. The van der Waals surface area contributed by atoms with Gasteiger partial charge in [-0.05, 0) is 31.0 Å². The lowest BCUT2D eigenvalue weighted by atomic mass is 9.84. The first-order chi connectivity index (χ1) is 8.17. The molecule has 0 N–H and O–H groups in total. The van der Waals surface area contributed by atoms with Crippen molar-refractivity contribution < 1.29 is 9.22 Å². The highest BCUT2D eigenvalue weighted by Crippen LogP contribution is 2.39. The quantitative estimate of drug-likeness (QED) is 0.733. The van der Waals surface area contributed by atoms with Gasteiger partial charge in [0.25, 0.3) is 0 Å². The summed E-state index contributed by atoms with van der Waals surface area (Å²) < 4.78 is 6.35. The number of ketones is 1. The summed E-state index contributed by atoms with van der Waals surface area (Å²) in [5, 5.41) is 8.94. The van der Waals surface area contributed by atoms with Crippen LogP contribution in [0, 0.1) is 17.2 Å². The van der Waals surface area contributed by atoms with Crippen LogP contribution in [0.25, 0.3) is 0 Å². The minimum absolute atomic E-state index is 0.0986. The fraction of sp³-hybridized carbons (Fsp3) is 0.857. The lowest BCUT2D eigenvalue weighted by molar-refractivity contribution is -0.126. The highest BCUT2D eigenvalue weighted by molar-refractivity contribution is 6.74. The molecule has 0 aromatic carbocycles. The molecule has 102 valence electrons. The molecule has 0 saturated heterocycles. The first-order valence-electron chi connectivity index (χ1n) is 6.75. The minimum atomic E-state index is -1.76. The molecular formula is C14H25NO2Si. The molecule has 3 nitrogen and oxygen atoms in total. The van der Waals surface area contributed by atoms with Crippen LogP contribution in [0.15, 0.2) is 0 Å². The number of rotatable bonds is 3. The third-order valence-corrected chi connectivity index (χ3v) is 8.86. The fourth-order valence-corrected chi connectivity index (χ4v) is 3.48. The Balaban J connectivity index is 2.65. The van der Waals surface area contributed by atoms with E-state index in [1.165, 1.54) is 0 Å². The standard InChI is InChI=1S/C14H25NO2Si/c1-14(2,3)18(4,5)17-12-6-7-13(16)11(10-12)8-9-15/h11-12H,6-8,10H2,1-5H3/t11-,12?/m1/s1. The number of carbonyl (C=O) groups excluding carboxylic acids is 1. The van der Waals surface area contributed by atoms with Crippen molar-refractivity contribution in [2.75, 3.05) is 0 Å². The fourth-order valence-electron chi connectivity index (χ4n) is 2.08. The zero-order chi connectivity index (χ0) is 14.0. The first-order valence-corrected chi connectivity index (χ1v) is 9.65. The number of nitrogens with zero attached hydrogens (tertiary/aromatic N) is 1. The molecule has 0 amide bonds. The Bertz CT molecular complexity index is 352. The summed E-state index contributed by atoms with van der Waals surface area (Å²) in [6, 6.07) is 2.12.